The van der Waals surface area contributed by atoms with Crippen LogP contribution >= 0.6 is 12.2 Å². The van der Waals surface area contributed by atoms with Crippen molar-refractivity contribution >= 4 is 28.9 Å². The molecule has 9 heteroatoms. The summed E-state index contributed by atoms with van der Waals surface area (Å²) in [6, 6.07) is 0. The number of fused-ring (bicyclic) bond motifs is 1. The number of hydrogen-bond donors (Lipinski definition) is 3. The molecule has 1 aliphatic rings. The summed E-state index contributed by atoms with van der Waals surface area (Å²) in [6.07, 6.45) is 7.68. The number of thiocarbonyl (C=S) groups is 1. The molecule has 28 heavy (non-hydrogen) atoms. The molecule has 2 aromatic heterocycles. The van der Waals surface area contributed by atoms with Crippen LogP contribution in [-0.2, 0) is 13.0 Å². The number of furan rings is 1. The van der Waals surface area contributed by atoms with Crippen LogP contribution in [0.25, 0.3) is 0 Å². The number of amides is 1. The van der Waals surface area contributed by atoms with Gasteiger partial charge in [0, 0.05) is 43.0 Å². The Morgan fingerprint density at radius 1 is 1.46 bits per heavy atom. The molecule has 0 spiro atoms. The fourth-order valence-electron chi connectivity index (χ4n) is 3.51. The van der Waals surface area contributed by atoms with Crippen LogP contribution in [0.15, 0.2) is 28.2 Å². The number of aromatic nitrogens is 2. The Kier molecular flexibility index (Phi) is 5.83. The van der Waals surface area contributed by atoms with Crippen molar-refractivity contribution in [1.82, 2.24) is 20.3 Å². The van der Waals surface area contributed by atoms with Crippen molar-refractivity contribution in [3.63, 3.8) is 0 Å². The van der Waals surface area contributed by atoms with Gasteiger partial charge in [0.1, 0.15) is 5.76 Å². The lowest BCUT2D eigenvalue weighted by Gasteiger charge is -2.29. The van der Waals surface area contributed by atoms with E-state index in [0.717, 1.165) is 48.4 Å². The average Bonchev–Trinajstić information content (AvgIpc) is 3.23. The molecule has 0 radical (unpaired) electrons. The van der Waals surface area contributed by atoms with E-state index < -0.39 is 0 Å². The van der Waals surface area contributed by atoms with Gasteiger partial charge in [-0.3, -0.25) is 10.2 Å². The lowest BCUT2D eigenvalue weighted by Crippen LogP contribution is -2.31. The molecule has 0 saturated heterocycles. The SMILES string of the molecule is Cc1c(C(=O)NCCCn2ccnc2)oc2c1/C(=N\NC(N)=S)CC(C)(C)C2. The highest BCUT2D eigenvalue weighted by molar-refractivity contribution is 7.80. The second-order valence-corrected chi connectivity index (χ2v) is 8.26. The number of imidazole rings is 1. The molecule has 0 aromatic carbocycles. The van der Waals surface area contributed by atoms with Crippen molar-refractivity contribution in [1.29, 1.82) is 0 Å². The highest BCUT2D eigenvalue weighted by Crippen LogP contribution is 2.38. The molecule has 0 aliphatic heterocycles. The lowest BCUT2D eigenvalue weighted by molar-refractivity contribution is 0.0921. The largest absolute Gasteiger partial charge is 0.455 e. The zero-order valence-corrected chi connectivity index (χ0v) is 17.2. The Labute approximate surface area is 169 Å². The highest BCUT2D eigenvalue weighted by Gasteiger charge is 2.36. The molecule has 3 rings (SSSR count). The molecule has 8 nitrogen and oxygen atoms in total. The first-order valence-corrected chi connectivity index (χ1v) is 9.66. The molecule has 1 aliphatic carbocycles. The van der Waals surface area contributed by atoms with Gasteiger partial charge < -0.3 is 20.0 Å². The molecule has 0 saturated carbocycles. The summed E-state index contributed by atoms with van der Waals surface area (Å²) in [5.74, 6) is 0.908. The van der Waals surface area contributed by atoms with Crippen LogP contribution in [0, 0.1) is 12.3 Å². The second kappa shape index (κ2) is 8.14. The number of hydrazone groups is 1. The predicted octanol–water partition coefficient (Wildman–Crippen LogP) is 2.11. The fourth-order valence-corrected chi connectivity index (χ4v) is 3.56. The Bertz CT molecular complexity index is 898. The van der Waals surface area contributed by atoms with Gasteiger partial charge in [-0.2, -0.15) is 5.10 Å². The fraction of sp³-hybridized carbons (Fsp3) is 0.474. The number of nitrogens with zero attached hydrogens (tertiary/aromatic N) is 3. The van der Waals surface area contributed by atoms with Gasteiger partial charge >= 0.3 is 0 Å². The summed E-state index contributed by atoms with van der Waals surface area (Å²) >= 11 is 4.85. The first-order valence-electron chi connectivity index (χ1n) is 9.25. The number of aryl methyl sites for hydroxylation is 1. The van der Waals surface area contributed by atoms with Crippen LogP contribution in [0.5, 0.6) is 0 Å². The van der Waals surface area contributed by atoms with Gasteiger partial charge in [0.2, 0.25) is 0 Å². The van der Waals surface area contributed by atoms with Crippen LogP contribution in [0.3, 0.4) is 0 Å². The minimum atomic E-state index is -0.211. The van der Waals surface area contributed by atoms with Gasteiger partial charge in [-0.15, -0.1) is 0 Å². The molecule has 150 valence electrons. The van der Waals surface area contributed by atoms with E-state index in [9.17, 15) is 4.79 Å². The number of hydrogen-bond acceptors (Lipinski definition) is 5. The molecule has 4 N–H and O–H groups in total. The minimum absolute atomic E-state index is 0.0351. The molecule has 0 unspecified atom stereocenters. The Morgan fingerprint density at radius 3 is 2.93 bits per heavy atom. The standard InChI is InChI=1S/C19H26N6O2S/c1-12-15-13(23-24-18(20)28)9-19(2,3)10-14(15)27-16(12)17(26)22-5-4-7-25-8-6-21-11-25/h6,8,11H,4-5,7,9-10H2,1-3H3,(H,22,26)(H3,20,24,28)/b23-13-. The van der Waals surface area contributed by atoms with E-state index >= 15 is 0 Å². The van der Waals surface area contributed by atoms with Crippen LogP contribution in [0.4, 0.5) is 0 Å². The first-order chi connectivity index (χ1) is 13.3. The Hall–Kier alpha value is -2.68. The van der Waals surface area contributed by atoms with E-state index in [2.05, 4.69) is 34.7 Å². The third-order valence-corrected chi connectivity index (χ3v) is 4.83. The van der Waals surface area contributed by atoms with Gasteiger partial charge in [-0.1, -0.05) is 13.8 Å². The smallest absolute Gasteiger partial charge is 0.287 e. The maximum absolute atomic E-state index is 12.7. The topological polar surface area (TPSA) is 110 Å². The molecule has 0 fully saturated rings. The maximum Gasteiger partial charge on any atom is 0.287 e. The van der Waals surface area contributed by atoms with Gasteiger partial charge in [0.25, 0.3) is 5.91 Å². The van der Waals surface area contributed by atoms with Crippen LogP contribution in [-0.4, -0.2) is 32.8 Å². The van der Waals surface area contributed by atoms with Crippen molar-refractivity contribution in [3.8, 4) is 0 Å². The quantitative estimate of drug-likeness (QED) is 0.388. The predicted molar refractivity (Wildman–Crippen MR) is 111 cm³/mol. The molecule has 1 amide bonds. The number of rotatable bonds is 6. The zero-order valence-electron chi connectivity index (χ0n) is 16.4. The van der Waals surface area contributed by atoms with Crippen molar-refractivity contribution in [2.75, 3.05) is 6.54 Å². The van der Waals surface area contributed by atoms with E-state index in [4.69, 9.17) is 22.4 Å². The molecule has 2 heterocycles. The van der Waals surface area contributed by atoms with Crippen molar-refractivity contribution in [3.05, 3.63) is 41.4 Å². The van der Waals surface area contributed by atoms with Gasteiger partial charge in [-0.05, 0) is 37.4 Å². The number of nitrogens with two attached hydrogens (primary N) is 1. The minimum Gasteiger partial charge on any atom is -0.455 e. The zero-order chi connectivity index (χ0) is 20.3. The van der Waals surface area contributed by atoms with Gasteiger partial charge in [-0.25, -0.2) is 4.98 Å². The second-order valence-electron chi connectivity index (χ2n) is 7.82. The molecular formula is C19H26N6O2S. The summed E-state index contributed by atoms with van der Waals surface area (Å²) in [6.45, 7) is 7.51. The van der Waals surface area contributed by atoms with E-state index in [1.165, 1.54) is 0 Å². The first kappa shape index (κ1) is 20.1. The van der Waals surface area contributed by atoms with E-state index in [1.54, 1.807) is 12.5 Å². The summed E-state index contributed by atoms with van der Waals surface area (Å²) in [7, 11) is 0. The monoisotopic (exact) mass is 402 g/mol. The number of nitrogens with one attached hydrogen (secondary N) is 2. The Balaban J connectivity index is 1.73. The van der Waals surface area contributed by atoms with Gasteiger partial charge in [0.05, 0.1) is 12.0 Å². The summed E-state index contributed by atoms with van der Waals surface area (Å²) in [4.78, 5) is 16.7. The lowest BCUT2D eigenvalue weighted by atomic mass is 9.75. The molecular weight excluding hydrogens is 376 g/mol. The molecule has 2 aromatic rings. The van der Waals surface area contributed by atoms with E-state index in [1.807, 2.05) is 17.7 Å². The maximum atomic E-state index is 12.7. The van der Waals surface area contributed by atoms with E-state index in [0.29, 0.717) is 12.3 Å². The van der Waals surface area contributed by atoms with Gasteiger partial charge in [0.15, 0.2) is 10.9 Å². The third-order valence-electron chi connectivity index (χ3n) is 4.74. The average molecular weight is 403 g/mol. The van der Waals surface area contributed by atoms with Crippen LogP contribution in [0.2, 0.25) is 0 Å². The number of carbonyl (C=O) groups is 1. The van der Waals surface area contributed by atoms with Crippen molar-refractivity contribution < 1.29 is 9.21 Å². The number of carbonyl (C=O) groups excluding carboxylic acids is 1. The van der Waals surface area contributed by atoms with Crippen LogP contribution in [0.1, 0.15) is 54.1 Å². The normalized spacial score (nSPS) is 16.6. The third kappa shape index (κ3) is 4.59. The molecule has 0 bridgehead atoms. The molecule has 0 atom stereocenters. The summed E-state index contributed by atoms with van der Waals surface area (Å²) in [5.41, 5.74) is 10.6. The van der Waals surface area contributed by atoms with Crippen LogP contribution < -0.4 is 16.5 Å². The van der Waals surface area contributed by atoms with Crippen molar-refractivity contribution in [2.24, 2.45) is 16.3 Å². The Morgan fingerprint density at radius 2 is 2.25 bits per heavy atom. The summed E-state index contributed by atoms with van der Waals surface area (Å²) < 4.78 is 7.95. The highest BCUT2D eigenvalue weighted by atomic mass is 32.1. The van der Waals surface area contributed by atoms with E-state index in [-0.39, 0.29) is 16.4 Å². The summed E-state index contributed by atoms with van der Waals surface area (Å²) in [5, 5.41) is 7.40. The van der Waals surface area contributed by atoms with Crippen molar-refractivity contribution in [2.45, 2.75) is 46.6 Å².